The maximum absolute atomic E-state index is 11.8. The summed E-state index contributed by atoms with van der Waals surface area (Å²) >= 11 is 0.906. The normalized spacial score (nSPS) is 15.6. The summed E-state index contributed by atoms with van der Waals surface area (Å²) in [6.45, 7) is 1.28. The lowest BCUT2D eigenvalue weighted by Gasteiger charge is -2.16. The van der Waals surface area contributed by atoms with E-state index in [1.165, 1.54) is 50.7 Å². The summed E-state index contributed by atoms with van der Waals surface area (Å²) in [5.41, 5.74) is 0. The molecule has 1 aliphatic carbocycles. The van der Waals surface area contributed by atoms with Gasteiger partial charge in [0.05, 0.1) is 9.80 Å². The van der Waals surface area contributed by atoms with Crippen LogP contribution in [0, 0.1) is 10.1 Å². The van der Waals surface area contributed by atoms with Crippen LogP contribution in [0.15, 0.2) is 12.1 Å². The van der Waals surface area contributed by atoms with E-state index in [1.54, 1.807) is 0 Å². The SMILES string of the molecule is Cl.O=C(NCCNC1CCCCCC1)c1ccc([N+](=O)[O-])s1. The Kier molecular flexibility index (Phi) is 8.37. The average molecular weight is 348 g/mol. The van der Waals surface area contributed by atoms with Gasteiger partial charge in [-0.25, -0.2) is 0 Å². The number of hydrogen-bond acceptors (Lipinski definition) is 5. The number of thiophene rings is 1. The first kappa shape index (κ1) is 18.9. The molecule has 1 amide bonds. The summed E-state index contributed by atoms with van der Waals surface area (Å²) < 4.78 is 0. The minimum absolute atomic E-state index is 0. The molecule has 0 bridgehead atoms. The molecule has 0 atom stereocenters. The number of nitro groups is 1. The van der Waals surface area contributed by atoms with Crippen molar-refractivity contribution in [2.75, 3.05) is 13.1 Å². The number of hydrogen-bond donors (Lipinski definition) is 2. The zero-order valence-corrected chi connectivity index (χ0v) is 14.0. The molecule has 1 aromatic heterocycles. The van der Waals surface area contributed by atoms with Crippen molar-refractivity contribution in [2.24, 2.45) is 0 Å². The molecule has 0 saturated heterocycles. The van der Waals surface area contributed by atoms with Crippen molar-refractivity contribution < 1.29 is 9.72 Å². The molecule has 1 aliphatic rings. The van der Waals surface area contributed by atoms with Gasteiger partial charge in [-0.1, -0.05) is 37.0 Å². The zero-order chi connectivity index (χ0) is 15.1. The molecular weight excluding hydrogens is 326 g/mol. The fraction of sp³-hybridized carbons (Fsp3) is 0.643. The number of nitrogens with one attached hydrogen (secondary N) is 2. The minimum atomic E-state index is -0.477. The highest BCUT2D eigenvalue weighted by atomic mass is 35.5. The first-order valence-corrected chi connectivity index (χ1v) is 8.24. The van der Waals surface area contributed by atoms with Gasteiger partial charge < -0.3 is 10.6 Å². The van der Waals surface area contributed by atoms with E-state index in [0.29, 0.717) is 17.5 Å². The quantitative estimate of drug-likeness (QED) is 0.358. The fourth-order valence-electron chi connectivity index (χ4n) is 2.57. The lowest BCUT2D eigenvalue weighted by molar-refractivity contribution is -0.380. The third-order valence-corrected chi connectivity index (χ3v) is 4.73. The Balaban J connectivity index is 0.00000242. The summed E-state index contributed by atoms with van der Waals surface area (Å²) in [6, 6.07) is 3.42. The van der Waals surface area contributed by atoms with Crippen LogP contribution in [0.2, 0.25) is 0 Å². The van der Waals surface area contributed by atoms with Gasteiger partial charge in [0.15, 0.2) is 0 Å². The van der Waals surface area contributed by atoms with Gasteiger partial charge in [-0.15, -0.1) is 12.4 Å². The molecule has 6 nitrogen and oxygen atoms in total. The third kappa shape index (κ3) is 5.90. The van der Waals surface area contributed by atoms with Crippen molar-refractivity contribution in [3.63, 3.8) is 0 Å². The van der Waals surface area contributed by atoms with Crippen LogP contribution in [0.3, 0.4) is 0 Å². The van der Waals surface area contributed by atoms with E-state index in [9.17, 15) is 14.9 Å². The van der Waals surface area contributed by atoms with Crippen LogP contribution in [0.1, 0.15) is 48.2 Å². The van der Waals surface area contributed by atoms with E-state index < -0.39 is 4.92 Å². The fourth-order valence-corrected chi connectivity index (χ4v) is 3.31. The van der Waals surface area contributed by atoms with Crippen LogP contribution in [0.4, 0.5) is 5.00 Å². The Morgan fingerprint density at radius 1 is 1.23 bits per heavy atom. The van der Waals surface area contributed by atoms with E-state index in [0.717, 1.165) is 17.9 Å². The van der Waals surface area contributed by atoms with Crippen LogP contribution in [-0.4, -0.2) is 30.0 Å². The van der Waals surface area contributed by atoms with E-state index in [4.69, 9.17) is 0 Å². The smallest absolute Gasteiger partial charge is 0.324 e. The second-order valence-corrected chi connectivity index (χ2v) is 6.36. The maximum atomic E-state index is 11.8. The topological polar surface area (TPSA) is 84.3 Å². The van der Waals surface area contributed by atoms with Crippen LogP contribution < -0.4 is 10.6 Å². The van der Waals surface area contributed by atoms with Crippen molar-refractivity contribution in [1.82, 2.24) is 10.6 Å². The molecule has 1 heterocycles. The van der Waals surface area contributed by atoms with E-state index >= 15 is 0 Å². The molecule has 1 aromatic rings. The minimum Gasteiger partial charge on any atom is -0.350 e. The predicted molar refractivity (Wildman–Crippen MR) is 90.0 cm³/mol. The number of amides is 1. The molecule has 0 aromatic carbocycles. The van der Waals surface area contributed by atoms with Gasteiger partial charge in [0.25, 0.3) is 5.91 Å². The van der Waals surface area contributed by atoms with Crippen LogP contribution in [-0.2, 0) is 0 Å². The highest BCUT2D eigenvalue weighted by Gasteiger charge is 2.15. The van der Waals surface area contributed by atoms with E-state index in [-0.39, 0.29) is 23.3 Å². The van der Waals surface area contributed by atoms with Gasteiger partial charge in [-0.05, 0) is 18.9 Å². The number of carbonyl (C=O) groups excluding carboxylic acids is 1. The molecule has 0 unspecified atom stereocenters. The van der Waals surface area contributed by atoms with E-state index in [2.05, 4.69) is 10.6 Å². The molecular formula is C14H22ClN3O3S. The summed E-state index contributed by atoms with van der Waals surface area (Å²) in [4.78, 5) is 22.3. The molecule has 0 radical (unpaired) electrons. The maximum Gasteiger partial charge on any atom is 0.324 e. The molecule has 8 heteroatoms. The zero-order valence-electron chi connectivity index (χ0n) is 12.4. The van der Waals surface area contributed by atoms with Crippen molar-refractivity contribution in [1.29, 1.82) is 0 Å². The second-order valence-electron chi connectivity index (χ2n) is 5.29. The van der Waals surface area contributed by atoms with Crippen molar-refractivity contribution in [3.8, 4) is 0 Å². The largest absolute Gasteiger partial charge is 0.350 e. The molecule has 124 valence electrons. The van der Waals surface area contributed by atoms with Gasteiger partial charge in [0, 0.05) is 25.2 Å². The Morgan fingerprint density at radius 3 is 2.50 bits per heavy atom. The van der Waals surface area contributed by atoms with Crippen molar-refractivity contribution in [2.45, 2.75) is 44.6 Å². The van der Waals surface area contributed by atoms with Crippen LogP contribution >= 0.6 is 23.7 Å². The highest BCUT2D eigenvalue weighted by molar-refractivity contribution is 7.17. The standard InChI is InChI=1S/C14H21N3O3S.ClH/c18-14(12-7-8-13(21-12)17(19)20)16-10-9-15-11-5-3-1-2-4-6-11;/h7-8,11,15H,1-6,9-10H2,(H,16,18);1H. The molecule has 2 N–H and O–H groups in total. The van der Waals surface area contributed by atoms with Crippen LogP contribution in [0.5, 0.6) is 0 Å². The first-order chi connectivity index (χ1) is 10.2. The number of rotatable bonds is 6. The molecule has 1 fully saturated rings. The van der Waals surface area contributed by atoms with Gasteiger partial charge in [0.2, 0.25) is 0 Å². The van der Waals surface area contributed by atoms with Gasteiger partial charge >= 0.3 is 5.00 Å². The Morgan fingerprint density at radius 2 is 1.91 bits per heavy atom. The number of nitrogens with zero attached hydrogens (tertiary/aromatic N) is 1. The molecule has 0 spiro atoms. The van der Waals surface area contributed by atoms with Crippen molar-refractivity contribution >= 4 is 34.7 Å². The average Bonchev–Trinajstić information content (AvgIpc) is 2.82. The van der Waals surface area contributed by atoms with Crippen LogP contribution in [0.25, 0.3) is 0 Å². The number of carbonyl (C=O) groups is 1. The number of halogens is 1. The van der Waals surface area contributed by atoms with Gasteiger partial charge in [-0.2, -0.15) is 0 Å². The van der Waals surface area contributed by atoms with E-state index in [1.807, 2.05) is 0 Å². The highest BCUT2D eigenvalue weighted by Crippen LogP contribution is 2.23. The van der Waals surface area contributed by atoms with Gasteiger partial charge in [-0.3, -0.25) is 14.9 Å². The summed E-state index contributed by atoms with van der Waals surface area (Å²) in [6.07, 6.45) is 7.64. The summed E-state index contributed by atoms with van der Waals surface area (Å²) in [7, 11) is 0. The predicted octanol–water partition coefficient (Wildman–Crippen LogP) is 3.12. The Hall–Kier alpha value is -1.18. The second kappa shape index (κ2) is 9.76. The third-order valence-electron chi connectivity index (χ3n) is 3.69. The lowest BCUT2D eigenvalue weighted by Crippen LogP contribution is -2.36. The molecule has 2 rings (SSSR count). The lowest BCUT2D eigenvalue weighted by atomic mass is 10.1. The molecule has 1 saturated carbocycles. The van der Waals surface area contributed by atoms with Crippen molar-refractivity contribution in [3.05, 3.63) is 27.1 Å². The first-order valence-electron chi connectivity index (χ1n) is 7.42. The van der Waals surface area contributed by atoms with Gasteiger partial charge in [0.1, 0.15) is 0 Å². The Bertz CT molecular complexity index is 487. The monoisotopic (exact) mass is 347 g/mol. The summed E-state index contributed by atoms with van der Waals surface area (Å²) in [5, 5.41) is 16.8. The summed E-state index contributed by atoms with van der Waals surface area (Å²) in [5.74, 6) is -0.240. The Labute approximate surface area is 140 Å². The molecule has 0 aliphatic heterocycles. The molecule has 22 heavy (non-hydrogen) atoms.